The minimum atomic E-state index is -5.33. The fourth-order valence-electron chi connectivity index (χ4n) is 2.97. The maximum atomic E-state index is 14.3. The zero-order chi connectivity index (χ0) is 19.7. The van der Waals surface area contributed by atoms with Crippen molar-refractivity contribution >= 4 is 0 Å². The third-order valence-electron chi connectivity index (χ3n) is 4.09. The van der Waals surface area contributed by atoms with Gasteiger partial charge in [0.2, 0.25) is 6.43 Å². The molecule has 0 spiro atoms. The van der Waals surface area contributed by atoms with Crippen LogP contribution in [0.2, 0.25) is 0 Å². The van der Waals surface area contributed by atoms with E-state index in [0.717, 1.165) is 0 Å². The van der Waals surface area contributed by atoms with Crippen molar-refractivity contribution in [1.29, 1.82) is 0 Å². The second-order valence-corrected chi connectivity index (χ2v) is 5.84. The number of piperazine rings is 1. The summed E-state index contributed by atoms with van der Waals surface area (Å²) in [5.41, 5.74) is -4.87. The summed E-state index contributed by atoms with van der Waals surface area (Å²) in [7, 11) is 0. The maximum Gasteiger partial charge on any atom is 0.416 e. The molecule has 0 saturated carbocycles. The summed E-state index contributed by atoms with van der Waals surface area (Å²) in [5, 5.41) is 2.87. The molecule has 26 heavy (non-hydrogen) atoms. The molecule has 1 aromatic rings. The molecule has 0 amide bonds. The third-order valence-corrected chi connectivity index (χ3v) is 4.09. The van der Waals surface area contributed by atoms with E-state index in [9.17, 15) is 39.5 Å². The van der Waals surface area contributed by atoms with Gasteiger partial charge in [0.1, 0.15) is 5.82 Å². The van der Waals surface area contributed by atoms with E-state index in [1.807, 2.05) is 0 Å². The summed E-state index contributed by atoms with van der Waals surface area (Å²) in [5.74, 6) is -1.80. The van der Waals surface area contributed by atoms with Crippen LogP contribution >= 0.6 is 0 Å². The number of rotatable bonds is 4. The Bertz CT molecular complexity index is 619. The number of benzene rings is 1. The van der Waals surface area contributed by atoms with Crippen molar-refractivity contribution in [3.8, 4) is 0 Å². The highest BCUT2D eigenvalue weighted by Gasteiger charge is 2.43. The number of hydrogen-bond acceptors (Lipinski definition) is 2. The van der Waals surface area contributed by atoms with E-state index in [1.54, 1.807) is 0 Å². The molecule has 1 fully saturated rings. The molecular formula is C15H15F9N2. The van der Waals surface area contributed by atoms with Gasteiger partial charge in [0, 0.05) is 44.2 Å². The third kappa shape index (κ3) is 4.81. The van der Waals surface area contributed by atoms with Crippen molar-refractivity contribution in [3.05, 3.63) is 34.6 Å². The Labute approximate surface area is 143 Å². The Kier molecular flexibility index (Phi) is 6.11. The van der Waals surface area contributed by atoms with E-state index in [1.165, 1.54) is 4.90 Å². The number of halogens is 9. The van der Waals surface area contributed by atoms with Gasteiger partial charge in [-0.15, -0.1) is 0 Å². The van der Waals surface area contributed by atoms with Crippen LogP contribution in [0.1, 0.15) is 29.2 Å². The van der Waals surface area contributed by atoms with E-state index in [4.69, 9.17) is 0 Å². The molecule has 0 radical (unpaired) electrons. The standard InChI is InChI=1S/C15H15F9N2/c16-10-6-8(14(19,20)21)5-9(15(22,23)24)13(10)11(7-12(17)18)26-3-1-25-2-4-26/h5-6,11-12,25H,1-4,7H2/t11-/m1/s1. The second kappa shape index (κ2) is 7.63. The summed E-state index contributed by atoms with van der Waals surface area (Å²) >= 11 is 0. The molecule has 0 unspecified atom stereocenters. The van der Waals surface area contributed by atoms with Crippen LogP contribution in [0.15, 0.2) is 12.1 Å². The first-order valence-corrected chi connectivity index (χ1v) is 7.62. The van der Waals surface area contributed by atoms with Crippen LogP contribution in [0.25, 0.3) is 0 Å². The van der Waals surface area contributed by atoms with Gasteiger partial charge < -0.3 is 5.32 Å². The Morgan fingerprint density at radius 3 is 2.00 bits per heavy atom. The normalized spacial score (nSPS) is 18.4. The lowest BCUT2D eigenvalue weighted by atomic mass is 9.93. The molecule has 1 aromatic carbocycles. The quantitative estimate of drug-likeness (QED) is 0.759. The van der Waals surface area contributed by atoms with Crippen LogP contribution in [0.3, 0.4) is 0 Å². The number of hydrogen-bond donors (Lipinski definition) is 1. The van der Waals surface area contributed by atoms with Crippen molar-refractivity contribution in [2.45, 2.75) is 31.2 Å². The minimum absolute atomic E-state index is 0.0646. The first-order chi connectivity index (χ1) is 11.9. The molecule has 1 aliphatic heterocycles. The Hall–Kier alpha value is -1.49. The van der Waals surface area contributed by atoms with Gasteiger partial charge in [-0.2, -0.15) is 26.3 Å². The topological polar surface area (TPSA) is 15.3 Å². The Morgan fingerprint density at radius 1 is 0.962 bits per heavy atom. The highest BCUT2D eigenvalue weighted by molar-refractivity contribution is 5.39. The predicted molar refractivity (Wildman–Crippen MR) is 74.2 cm³/mol. The SMILES string of the molecule is Fc1cc(C(F)(F)F)cc(C(F)(F)F)c1[C@@H](CC(F)F)N1CCNCC1. The molecule has 1 aliphatic rings. The summed E-state index contributed by atoms with van der Waals surface area (Å²) < 4.78 is 118. The molecule has 0 aliphatic carbocycles. The lowest BCUT2D eigenvalue weighted by Crippen LogP contribution is -2.46. The van der Waals surface area contributed by atoms with Crippen LogP contribution < -0.4 is 5.32 Å². The van der Waals surface area contributed by atoms with E-state index in [0.29, 0.717) is 0 Å². The predicted octanol–water partition coefficient (Wildman–Crippen LogP) is 4.46. The molecule has 148 valence electrons. The number of alkyl halides is 8. The van der Waals surface area contributed by atoms with Gasteiger partial charge in [0.05, 0.1) is 11.1 Å². The average molecular weight is 394 g/mol. The molecule has 1 N–H and O–H groups in total. The molecule has 2 rings (SSSR count). The average Bonchev–Trinajstić information content (AvgIpc) is 2.51. The van der Waals surface area contributed by atoms with Gasteiger partial charge in [-0.25, -0.2) is 13.2 Å². The fraction of sp³-hybridized carbons (Fsp3) is 0.600. The smallest absolute Gasteiger partial charge is 0.314 e. The van der Waals surface area contributed by atoms with Crippen molar-refractivity contribution in [2.75, 3.05) is 26.2 Å². The highest BCUT2D eigenvalue weighted by atomic mass is 19.4. The van der Waals surface area contributed by atoms with Crippen LogP contribution in [0.5, 0.6) is 0 Å². The summed E-state index contributed by atoms with van der Waals surface area (Å²) in [6.07, 6.45) is -14.7. The molecule has 2 nitrogen and oxygen atoms in total. The molecular weight excluding hydrogens is 379 g/mol. The monoisotopic (exact) mass is 394 g/mol. The largest absolute Gasteiger partial charge is 0.416 e. The van der Waals surface area contributed by atoms with Crippen molar-refractivity contribution in [2.24, 2.45) is 0 Å². The van der Waals surface area contributed by atoms with Crippen molar-refractivity contribution in [1.82, 2.24) is 10.2 Å². The van der Waals surface area contributed by atoms with Gasteiger partial charge in [-0.1, -0.05) is 0 Å². The zero-order valence-corrected chi connectivity index (χ0v) is 13.2. The van der Waals surface area contributed by atoms with Crippen LogP contribution in [-0.2, 0) is 12.4 Å². The molecule has 11 heteroatoms. The van der Waals surface area contributed by atoms with Crippen molar-refractivity contribution < 1.29 is 39.5 Å². The van der Waals surface area contributed by atoms with Gasteiger partial charge in [0.15, 0.2) is 0 Å². The van der Waals surface area contributed by atoms with Gasteiger partial charge in [-0.3, -0.25) is 4.90 Å². The van der Waals surface area contributed by atoms with E-state index < -0.39 is 53.7 Å². The van der Waals surface area contributed by atoms with E-state index in [2.05, 4.69) is 5.32 Å². The maximum absolute atomic E-state index is 14.3. The Balaban J connectivity index is 2.62. The summed E-state index contributed by atoms with van der Waals surface area (Å²) in [4.78, 5) is 1.23. The molecule has 0 bridgehead atoms. The zero-order valence-electron chi connectivity index (χ0n) is 13.2. The number of nitrogens with one attached hydrogen (secondary N) is 1. The first-order valence-electron chi connectivity index (χ1n) is 7.62. The summed E-state index contributed by atoms with van der Waals surface area (Å²) in [6, 6.07) is -1.99. The highest BCUT2D eigenvalue weighted by Crippen LogP contribution is 2.43. The van der Waals surface area contributed by atoms with Gasteiger partial charge >= 0.3 is 12.4 Å². The van der Waals surface area contributed by atoms with Gasteiger partial charge in [0.25, 0.3) is 0 Å². The van der Waals surface area contributed by atoms with Crippen molar-refractivity contribution in [3.63, 3.8) is 0 Å². The Morgan fingerprint density at radius 2 is 1.54 bits per heavy atom. The summed E-state index contributed by atoms with van der Waals surface area (Å²) in [6.45, 7) is 0.691. The van der Waals surface area contributed by atoms with E-state index >= 15 is 0 Å². The van der Waals surface area contributed by atoms with Crippen LogP contribution in [-0.4, -0.2) is 37.5 Å². The molecule has 1 atom stereocenters. The van der Waals surface area contributed by atoms with Gasteiger partial charge in [-0.05, 0) is 12.1 Å². The molecule has 1 saturated heterocycles. The van der Waals surface area contributed by atoms with E-state index in [-0.39, 0.29) is 38.3 Å². The minimum Gasteiger partial charge on any atom is -0.314 e. The number of nitrogens with zero attached hydrogens (tertiary/aromatic N) is 1. The lowest BCUT2D eigenvalue weighted by Gasteiger charge is -2.36. The fourth-order valence-corrected chi connectivity index (χ4v) is 2.97. The van der Waals surface area contributed by atoms with Crippen LogP contribution in [0.4, 0.5) is 39.5 Å². The second-order valence-electron chi connectivity index (χ2n) is 5.84. The lowest BCUT2D eigenvalue weighted by molar-refractivity contribution is -0.144. The van der Waals surface area contributed by atoms with Crippen LogP contribution in [0, 0.1) is 5.82 Å². The molecule has 0 aromatic heterocycles. The first kappa shape index (κ1) is 20.8. The molecule has 1 heterocycles.